The van der Waals surface area contributed by atoms with Crippen molar-refractivity contribution in [2.24, 2.45) is 40.9 Å². The molecule has 1 aromatic carbocycles. The average molecular weight is 450 g/mol. The van der Waals surface area contributed by atoms with Gasteiger partial charge in [0.25, 0.3) is 0 Å². The second-order valence-corrected chi connectivity index (χ2v) is 11.9. The summed E-state index contributed by atoms with van der Waals surface area (Å²) in [5, 5.41) is 13.5. The van der Waals surface area contributed by atoms with E-state index in [1.807, 2.05) is 13.0 Å². The van der Waals surface area contributed by atoms with Gasteiger partial charge in [0.1, 0.15) is 6.04 Å². The first-order valence-electron chi connectivity index (χ1n) is 12.7. The quantitative estimate of drug-likeness (QED) is 0.518. The summed E-state index contributed by atoms with van der Waals surface area (Å²) in [4.78, 5) is 0. The topological polar surface area (TPSA) is 32.3 Å². The van der Waals surface area contributed by atoms with Crippen molar-refractivity contribution >= 4 is 5.69 Å². The zero-order valence-electron chi connectivity index (χ0n) is 19.4. The molecule has 4 aliphatic carbocycles. The normalized spacial score (nSPS) is 44.8. The molecule has 0 saturated heterocycles. The lowest BCUT2D eigenvalue weighted by molar-refractivity contribution is -0.169. The fourth-order valence-electron chi connectivity index (χ4n) is 8.79. The smallest absolute Gasteiger partial charge is 0.390 e. The third kappa shape index (κ3) is 3.86. The van der Waals surface area contributed by atoms with E-state index in [-0.39, 0.29) is 11.3 Å². The van der Waals surface area contributed by atoms with E-state index in [0.717, 1.165) is 51.4 Å². The van der Waals surface area contributed by atoms with E-state index in [9.17, 15) is 18.3 Å². The minimum Gasteiger partial charge on any atom is -0.390 e. The maximum atomic E-state index is 14.3. The molecule has 0 spiro atoms. The zero-order chi connectivity index (χ0) is 22.7. The van der Waals surface area contributed by atoms with Crippen LogP contribution in [0.1, 0.15) is 71.6 Å². The Balaban J connectivity index is 1.37. The first kappa shape index (κ1) is 22.6. The molecule has 4 saturated carbocycles. The van der Waals surface area contributed by atoms with Gasteiger partial charge in [-0.1, -0.05) is 25.1 Å². The van der Waals surface area contributed by atoms with Crippen molar-refractivity contribution in [1.29, 1.82) is 0 Å². The van der Waals surface area contributed by atoms with Gasteiger partial charge in [0.05, 0.1) is 5.60 Å². The van der Waals surface area contributed by atoms with Gasteiger partial charge in [0.2, 0.25) is 0 Å². The van der Waals surface area contributed by atoms with Gasteiger partial charge in [0.15, 0.2) is 0 Å². The maximum absolute atomic E-state index is 14.3. The molecular formula is C27H38F3NO. The summed E-state index contributed by atoms with van der Waals surface area (Å²) in [6, 6.07) is 7.41. The average Bonchev–Trinajstić information content (AvgIpc) is 3.07. The van der Waals surface area contributed by atoms with Crippen LogP contribution in [0, 0.1) is 40.9 Å². The molecule has 0 amide bonds. The Hall–Kier alpha value is -1.23. The lowest BCUT2D eigenvalue weighted by Crippen LogP contribution is -2.53. The summed E-state index contributed by atoms with van der Waals surface area (Å²) in [5.41, 5.74) is -0.222. The zero-order valence-corrected chi connectivity index (χ0v) is 19.4. The number of rotatable bonds is 3. The Morgan fingerprint density at radius 1 is 0.906 bits per heavy atom. The Morgan fingerprint density at radius 2 is 1.62 bits per heavy atom. The van der Waals surface area contributed by atoms with Crippen molar-refractivity contribution < 1.29 is 18.3 Å². The van der Waals surface area contributed by atoms with E-state index >= 15 is 0 Å². The van der Waals surface area contributed by atoms with Crippen molar-refractivity contribution in [3.8, 4) is 0 Å². The van der Waals surface area contributed by atoms with Gasteiger partial charge >= 0.3 is 6.18 Å². The molecule has 9 atom stereocenters. The van der Waals surface area contributed by atoms with Crippen molar-refractivity contribution in [3.63, 3.8) is 0 Å². The van der Waals surface area contributed by atoms with E-state index in [4.69, 9.17) is 0 Å². The highest BCUT2D eigenvalue weighted by molar-refractivity contribution is 5.44. The highest BCUT2D eigenvalue weighted by Gasteiger charge is 2.61. The van der Waals surface area contributed by atoms with Crippen molar-refractivity contribution in [2.75, 3.05) is 5.32 Å². The summed E-state index contributed by atoms with van der Waals surface area (Å²) in [6.07, 6.45) is 4.45. The Bertz CT molecular complexity index is 809. The highest BCUT2D eigenvalue weighted by atomic mass is 19.4. The molecule has 0 bridgehead atoms. The molecule has 2 nitrogen and oxygen atoms in total. The van der Waals surface area contributed by atoms with Crippen LogP contribution < -0.4 is 5.32 Å². The molecule has 0 aromatic heterocycles. The van der Waals surface area contributed by atoms with E-state index < -0.39 is 17.8 Å². The van der Waals surface area contributed by atoms with E-state index in [1.54, 1.807) is 24.3 Å². The summed E-state index contributed by atoms with van der Waals surface area (Å²) in [5.74, 6) is 2.50. The molecule has 5 heteroatoms. The second kappa shape index (κ2) is 7.92. The van der Waals surface area contributed by atoms with Crippen molar-refractivity contribution in [1.82, 2.24) is 0 Å². The summed E-state index contributed by atoms with van der Waals surface area (Å²) < 4.78 is 43.0. The van der Waals surface area contributed by atoms with Crippen LogP contribution in [-0.4, -0.2) is 22.9 Å². The third-order valence-electron chi connectivity index (χ3n) is 10.2. The number of fused-ring (bicyclic) bond motifs is 5. The maximum Gasteiger partial charge on any atom is 0.408 e. The van der Waals surface area contributed by atoms with Gasteiger partial charge in [-0.05, 0) is 118 Å². The van der Waals surface area contributed by atoms with E-state index in [1.165, 1.54) is 0 Å². The van der Waals surface area contributed by atoms with Crippen molar-refractivity contribution in [3.05, 3.63) is 30.3 Å². The molecule has 0 radical (unpaired) electrons. The second-order valence-electron chi connectivity index (χ2n) is 11.9. The molecule has 5 rings (SSSR count). The Kier molecular flexibility index (Phi) is 5.58. The van der Waals surface area contributed by atoms with Crippen LogP contribution in [0.25, 0.3) is 0 Å². The molecule has 4 aliphatic rings. The first-order valence-corrected chi connectivity index (χ1v) is 12.7. The van der Waals surface area contributed by atoms with Crippen LogP contribution in [0.5, 0.6) is 0 Å². The van der Waals surface area contributed by atoms with Crippen LogP contribution in [-0.2, 0) is 0 Å². The largest absolute Gasteiger partial charge is 0.408 e. The number of alkyl halides is 3. The number of anilines is 1. The molecule has 0 aliphatic heterocycles. The SMILES string of the molecule is C[C@@]1(O)CC[C@H]2[C@H](CC[C@@H]3[C@@H]2CC[C@]2(C)[C@@H]([C@@H](Nc4ccccc4)C(F)(F)F)CC[C@@H]32)C1. The fraction of sp³-hybridized carbons (Fsp3) is 0.778. The number of nitrogens with one attached hydrogen (secondary N) is 1. The number of para-hydroxylation sites is 1. The molecule has 0 heterocycles. The van der Waals surface area contributed by atoms with Gasteiger partial charge in [-0.25, -0.2) is 0 Å². The van der Waals surface area contributed by atoms with Gasteiger partial charge in [-0.3, -0.25) is 0 Å². The van der Waals surface area contributed by atoms with Crippen molar-refractivity contribution in [2.45, 2.75) is 89.5 Å². The minimum atomic E-state index is -4.26. The molecule has 1 aromatic rings. The third-order valence-corrected chi connectivity index (χ3v) is 10.2. The fourth-order valence-corrected chi connectivity index (χ4v) is 8.79. The number of halogens is 3. The van der Waals surface area contributed by atoms with Crippen LogP contribution in [0.2, 0.25) is 0 Å². The molecule has 2 N–H and O–H groups in total. The van der Waals surface area contributed by atoms with Gasteiger partial charge in [0, 0.05) is 5.69 Å². The number of hydrogen-bond acceptors (Lipinski definition) is 2. The van der Waals surface area contributed by atoms with E-state index in [0.29, 0.717) is 41.7 Å². The predicted octanol–water partition coefficient (Wildman–Crippen LogP) is 7.05. The van der Waals surface area contributed by atoms with Crippen LogP contribution in [0.15, 0.2) is 30.3 Å². The van der Waals surface area contributed by atoms with Gasteiger partial charge < -0.3 is 10.4 Å². The Labute approximate surface area is 190 Å². The first-order chi connectivity index (χ1) is 15.1. The summed E-state index contributed by atoms with van der Waals surface area (Å²) in [7, 11) is 0. The lowest BCUT2D eigenvalue weighted by atomic mass is 9.48. The minimum absolute atomic E-state index is 0.254. The standard InChI is InChI=1S/C27H38F3NO/c1-25(32)14-12-19-17(16-25)8-9-21-20(19)13-15-26(2)22(21)10-11-23(26)24(27(28,29)30)31-18-6-4-3-5-7-18/h3-7,17,19-24,31-32H,8-16H2,1-2H3/t17-,19+,20-,21-,22+,23-,24-,25-,26+/m1/s1. The van der Waals surface area contributed by atoms with Gasteiger partial charge in [-0.15, -0.1) is 0 Å². The number of hydrogen-bond donors (Lipinski definition) is 2. The van der Waals surface area contributed by atoms with Crippen LogP contribution in [0.3, 0.4) is 0 Å². The summed E-state index contributed by atoms with van der Waals surface area (Å²) >= 11 is 0. The molecule has 0 unspecified atom stereocenters. The number of aliphatic hydroxyl groups is 1. The summed E-state index contributed by atoms with van der Waals surface area (Å²) in [6.45, 7) is 4.15. The molecule has 178 valence electrons. The van der Waals surface area contributed by atoms with E-state index in [2.05, 4.69) is 12.2 Å². The molecule has 32 heavy (non-hydrogen) atoms. The number of benzene rings is 1. The van der Waals surface area contributed by atoms with Crippen LogP contribution >= 0.6 is 0 Å². The predicted molar refractivity (Wildman–Crippen MR) is 121 cm³/mol. The monoisotopic (exact) mass is 449 g/mol. The van der Waals surface area contributed by atoms with Gasteiger partial charge in [-0.2, -0.15) is 13.2 Å². The molecular weight excluding hydrogens is 411 g/mol. The highest BCUT2D eigenvalue weighted by Crippen LogP contribution is 2.65. The Morgan fingerprint density at radius 3 is 2.34 bits per heavy atom. The van der Waals surface area contributed by atoms with Crippen LogP contribution in [0.4, 0.5) is 18.9 Å². The molecule has 4 fully saturated rings. The lowest BCUT2D eigenvalue weighted by Gasteiger charge is -2.57.